The van der Waals surface area contributed by atoms with Crippen LogP contribution in [0.3, 0.4) is 0 Å². The molecule has 6 heteroatoms. The maximum absolute atomic E-state index is 12.3. The summed E-state index contributed by atoms with van der Waals surface area (Å²) in [6.07, 6.45) is 4.27. The third kappa shape index (κ3) is 4.32. The molecule has 162 valence electrons. The van der Waals surface area contributed by atoms with E-state index >= 15 is 0 Å². The van der Waals surface area contributed by atoms with E-state index in [-0.39, 0.29) is 5.91 Å². The molecule has 0 unspecified atom stereocenters. The molecular formula is C25H29N3O2S. The predicted octanol–water partition coefficient (Wildman–Crippen LogP) is 4.57. The van der Waals surface area contributed by atoms with Gasteiger partial charge in [-0.05, 0) is 74.1 Å². The molecule has 1 amide bonds. The number of ether oxygens (including phenoxy) is 1. The van der Waals surface area contributed by atoms with E-state index in [1.54, 1.807) is 16.4 Å². The number of likely N-dealkylation sites (N-methyl/N-ethyl adjacent to an activating group) is 1. The summed E-state index contributed by atoms with van der Waals surface area (Å²) in [6, 6.07) is 14.6. The Morgan fingerprint density at radius 1 is 1.13 bits per heavy atom. The lowest BCUT2D eigenvalue weighted by molar-refractivity contribution is 0.0780. The Bertz CT molecular complexity index is 1070. The smallest absolute Gasteiger partial charge is 0.254 e. The Morgan fingerprint density at radius 2 is 1.97 bits per heavy atom. The molecule has 0 N–H and O–H groups in total. The van der Waals surface area contributed by atoms with Crippen LogP contribution in [0, 0.1) is 0 Å². The van der Waals surface area contributed by atoms with Gasteiger partial charge in [-0.2, -0.15) is 4.37 Å². The summed E-state index contributed by atoms with van der Waals surface area (Å²) in [5.74, 6) is 1.48. The van der Waals surface area contributed by atoms with Crippen LogP contribution in [-0.2, 0) is 6.42 Å². The number of nitrogens with zero attached hydrogens (tertiary/aromatic N) is 3. The highest BCUT2D eigenvalue weighted by molar-refractivity contribution is 7.13. The summed E-state index contributed by atoms with van der Waals surface area (Å²) in [4.78, 5) is 16.7. The van der Waals surface area contributed by atoms with Crippen molar-refractivity contribution in [2.24, 2.45) is 0 Å². The van der Waals surface area contributed by atoms with Gasteiger partial charge >= 0.3 is 0 Å². The zero-order valence-corrected chi connectivity index (χ0v) is 18.9. The summed E-state index contributed by atoms with van der Waals surface area (Å²) in [5.41, 5.74) is 3.23. The Balaban J connectivity index is 1.08. The van der Waals surface area contributed by atoms with Gasteiger partial charge in [0.1, 0.15) is 5.75 Å². The fourth-order valence-electron chi connectivity index (χ4n) is 4.77. The molecule has 1 saturated heterocycles. The van der Waals surface area contributed by atoms with Gasteiger partial charge in [0.05, 0.1) is 17.0 Å². The minimum Gasteiger partial charge on any atom is -0.494 e. The summed E-state index contributed by atoms with van der Waals surface area (Å²) >= 11 is 1.63. The van der Waals surface area contributed by atoms with Gasteiger partial charge in [-0.15, -0.1) is 0 Å². The lowest BCUT2D eigenvalue weighted by Crippen LogP contribution is -2.34. The first-order valence-electron chi connectivity index (χ1n) is 11.3. The number of hydrogen-bond donors (Lipinski definition) is 0. The predicted molar refractivity (Wildman–Crippen MR) is 125 cm³/mol. The largest absolute Gasteiger partial charge is 0.494 e. The Hall–Kier alpha value is -2.44. The molecule has 0 bridgehead atoms. The number of amides is 1. The number of hydrogen-bond acceptors (Lipinski definition) is 5. The van der Waals surface area contributed by atoms with Crippen molar-refractivity contribution < 1.29 is 9.53 Å². The quantitative estimate of drug-likeness (QED) is 0.532. The lowest BCUT2D eigenvalue weighted by atomic mass is 9.91. The van der Waals surface area contributed by atoms with E-state index < -0.39 is 0 Å². The first kappa shape index (κ1) is 20.5. The maximum Gasteiger partial charge on any atom is 0.254 e. The topological polar surface area (TPSA) is 45.7 Å². The van der Waals surface area contributed by atoms with Crippen LogP contribution in [0.2, 0.25) is 0 Å². The molecule has 1 fully saturated rings. The van der Waals surface area contributed by atoms with Crippen molar-refractivity contribution in [2.45, 2.75) is 31.6 Å². The van der Waals surface area contributed by atoms with Crippen molar-refractivity contribution in [1.29, 1.82) is 0 Å². The van der Waals surface area contributed by atoms with Crippen LogP contribution in [-0.4, -0.2) is 59.9 Å². The molecule has 0 spiro atoms. The van der Waals surface area contributed by atoms with Crippen LogP contribution in [0.1, 0.15) is 46.8 Å². The van der Waals surface area contributed by atoms with Crippen molar-refractivity contribution in [1.82, 2.24) is 14.2 Å². The van der Waals surface area contributed by atoms with Crippen molar-refractivity contribution in [3.8, 4) is 5.75 Å². The molecule has 3 heterocycles. The van der Waals surface area contributed by atoms with Gasteiger partial charge in [0, 0.05) is 37.0 Å². The molecule has 0 radical (unpaired) electrons. The van der Waals surface area contributed by atoms with E-state index in [1.165, 1.54) is 28.6 Å². The molecule has 2 aliphatic rings. The van der Waals surface area contributed by atoms with Crippen LogP contribution in [0.15, 0.2) is 42.5 Å². The highest BCUT2D eigenvalue weighted by atomic mass is 32.1. The van der Waals surface area contributed by atoms with E-state index in [0.717, 1.165) is 55.9 Å². The van der Waals surface area contributed by atoms with Crippen LogP contribution < -0.4 is 4.74 Å². The van der Waals surface area contributed by atoms with E-state index in [1.807, 2.05) is 25.2 Å². The molecule has 0 aliphatic carbocycles. The number of aromatic nitrogens is 1. The van der Waals surface area contributed by atoms with Gasteiger partial charge in [-0.3, -0.25) is 4.79 Å². The van der Waals surface area contributed by atoms with Gasteiger partial charge in [0.25, 0.3) is 5.91 Å². The first-order chi connectivity index (χ1) is 15.2. The van der Waals surface area contributed by atoms with Crippen molar-refractivity contribution >= 4 is 27.5 Å². The molecule has 5 rings (SSSR count). The molecule has 31 heavy (non-hydrogen) atoms. The van der Waals surface area contributed by atoms with Crippen molar-refractivity contribution in [3.63, 3.8) is 0 Å². The summed E-state index contributed by atoms with van der Waals surface area (Å²) in [7, 11) is 1.86. The fourth-order valence-corrected chi connectivity index (χ4v) is 5.62. The number of carbonyl (C=O) groups excluding carboxylic acids is 1. The second kappa shape index (κ2) is 8.97. The summed E-state index contributed by atoms with van der Waals surface area (Å²) in [6.45, 7) is 4.77. The first-order valence-corrected chi connectivity index (χ1v) is 12.0. The molecule has 1 aromatic heterocycles. The van der Waals surface area contributed by atoms with Gasteiger partial charge in [0.2, 0.25) is 0 Å². The van der Waals surface area contributed by atoms with E-state index in [9.17, 15) is 4.79 Å². The third-order valence-electron chi connectivity index (χ3n) is 6.64. The summed E-state index contributed by atoms with van der Waals surface area (Å²) in [5, 5.41) is 1.34. The van der Waals surface area contributed by atoms with Gasteiger partial charge < -0.3 is 14.5 Å². The average molecular weight is 436 g/mol. The van der Waals surface area contributed by atoms with E-state index in [2.05, 4.69) is 29.2 Å². The second-order valence-corrected chi connectivity index (χ2v) is 9.48. The van der Waals surface area contributed by atoms with Gasteiger partial charge in [-0.25, -0.2) is 0 Å². The van der Waals surface area contributed by atoms with Crippen LogP contribution in [0.25, 0.3) is 10.1 Å². The molecule has 2 aliphatic heterocycles. The zero-order valence-electron chi connectivity index (χ0n) is 18.0. The number of piperidine rings is 1. The van der Waals surface area contributed by atoms with Crippen LogP contribution in [0.4, 0.5) is 0 Å². The number of benzene rings is 2. The van der Waals surface area contributed by atoms with Crippen LogP contribution in [0.5, 0.6) is 5.75 Å². The SMILES string of the molecule is CN1CCc2ccc(OCCCN3CCC(c4nsc5ccccc45)CC3)cc2C1=O. The normalized spacial score (nSPS) is 17.8. The number of likely N-dealkylation sites (tertiary alicyclic amines) is 1. The Labute approximate surface area is 187 Å². The van der Waals surface area contributed by atoms with E-state index in [0.29, 0.717) is 12.5 Å². The molecule has 0 saturated carbocycles. The molecular weight excluding hydrogens is 406 g/mol. The maximum atomic E-state index is 12.3. The lowest BCUT2D eigenvalue weighted by Gasteiger charge is -2.31. The Morgan fingerprint density at radius 3 is 2.84 bits per heavy atom. The Kier molecular flexibility index (Phi) is 5.92. The highest BCUT2D eigenvalue weighted by Gasteiger charge is 2.24. The standard InChI is InChI=1S/C25H29N3O2S/c1-27-13-9-18-7-8-20(17-22(18)25(27)29)30-16-4-12-28-14-10-19(11-15-28)24-21-5-2-3-6-23(21)31-26-24/h2-3,5-8,17,19H,4,9-16H2,1H3. The fraction of sp³-hybridized carbons (Fsp3) is 0.440. The second-order valence-electron chi connectivity index (χ2n) is 8.68. The molecule has 3 aromatic rings. The van der Waals surface area contributed by atoms with Crippen molar-refractivity contribution in [3.05, 3.63) is 59.3 Å². The zero-order chi connectivity index (χ0) is 21.2. The number of fused-ring (bicyclic) bond motifs is 2. The number of carbonyl (C=O) groups is 1. The highest BCUT2D eigenvalue weighted by Crippen LogP contribution is 2.34. The molecule has 5 nitrogen and oxygen atoms in total. The van der Waals surface area contributed by atoms with Gasteiger partial charge in [-0.1, -0.05) is 24.3 Å². The molecule has 2 aromatic carbocycles. The summed E-state index contributed by atoms with van der Waals surface area (Å²) < 4.78 is 12.0. The third-order valence-corrected chi connectivity index (χ3v) is 7.48. The molecule has 0 atom stereocenters. The number of rotatable bonds is 6. The van der Waals surface area contributed by atoms with E-state index in [4.69, 9.17) is 9.11 Å². The van der Waals surface area contributed by atoms with Crippen LogP contribution >= 0.6 is 11.5 Å². The van der Waals surface area contributed by atoms with Gasteiger partial charge in [0.15, 0.2) is 0 Å². The van der Waals surface area contributed by atoms with Crippen molar-refractivity contribution in [2.75, 3.05) is 39.8 Å². The monoisotopic (exact) mass is 435 g/mol. The minimum atomic E-state index is 0.0995. The average Bonchev–Trinajstić information content (AvgIpc) is 3.24. The minimum absolute atomic E-state index is 0.0995.